The van der Waals surface area contributed by atoms with Crippen molar-refractivity contribution in [3.05, 3.63) is 30.2 Å². The summed E-state index contributed by atoms with van der Waals surface area (Å²) in [4.78, 5) is 2.23. The number of aromatic nitrogens is 1. The summed E-state index contributed by atoms with van der Waals surface area (Å²) < 4.78 is 5.23. The Balaban J connectivity index is 2.50. The number of likely N-dealkylation sites (N-methyl/N-ethyl adjacent to an activating group) is 1. The number of nitrogens with one attached hydrogen (secondary N) is 1. The van der Waals surface area contributed by atoms with E-state index in [-0.39, 0.29) is 0 Å². The predicted octanol–water partition coefficient (Wildman–Crippen LogP) is 1.40. The van der Waals surface area contributed by atoms with Gasteiger partial charge in [0, 0.05) is 19.2 Å². The topological polar surface area (TPSA) is 41.3 Å². The molecule has 1 N–H and O–H groups in total. The highest BCUT2D eigenvalue weighted by molar-refractivity contribution is 5.05. The van der Waals surface area contributed by atoms with Gasteiger partial charge in [0.2, 0.25) is 0 Å². The lowest BCUT2D eigenvalue weighted by Crippen LogP contribution is -2.22. The molecule has 1 rings (SSSR count). The van der Waals surface area contributed by atoms with Gasteiger partial charge < -0.3 is 9.84 Å². The SMILES string of the molecule is C=CCN(CC)Cc1cc(CNC)no1. The van der Waals surface area contributed by atoms with Gasteiger partial charge in [-0.3, -0.25) is 4.90 Å². The Morgan fingerprint density at radius 3 is 3.07 bits per heavy atom. The maximum Gasteiger partial charge on any atom is 0.151 e. The first kappa shape index (κ1) is 11.9. The van der Waals surface area contributed by atoms with E-state index < -0.39 is 0 Å². The normalized spacial score (nSPS) is 10.9. The lowest BCUT2D eigenvalue weighted by atomic mass is 10.3. The van der Waals surface area contributed by atoms with E-state index in [1.165, 1.54) is 0 Å². The second-order valence-corrected chi connectivity index (χ2v) is 3.43. The van der Waals surface area contributed by atoms with Crippen molar-refractivity contribution < 1.29 is 4.52 Å². The minimum absolute atomic E-state index is 0.747. The van der Waals surface area contributed by atoms with Gasteiger partial charge in [-0.1, -0.05) is 18.2 Å². The summed E-state index contributed by atoms with van der Waals surface area (Å²) in [6, 6.07) is 1.99. The molecule has 0 aromatic carbocycles. The van der Waals surface area contributed by atoms with Crippen molar-refractivity contribution in [3.8, 4) is 0 Å². The highest BCUT2D eigenvalue weighted by atomic mass is 16.5. The zero-order chi connectivity index (χ0) is 11.1. The Morgan fingerprint density at radius 1 is 1.67 bits per heavy atom. The van der Waals surface area contributed by atoms with Gasteiger partial charge in [-0.15, -0.1) is 6.58 Å². The molecule has 0 saturated heterocycles. The Kier molecular flexibility index (Phi) is 5.07. The van der Waals surface area contributed by atoms with Crippen LogP contribution in [-0.4, -0.2) is 30.2 Å². The highest BCUT2D eigenvalue weighted by Crippen LogP contribution is 2.07. The van der Waals surface area contributed by atoms with Crippen molar-refractivity contribution in [2.75, 3.05) is 20.1 Å². The first-order valence-corrected chi connectivity index (χ1v) is 5.22. The van der Waals surface area contributed by atoms with Crippen molar-refractivity contribution in [2.45, 2.75) is 20.0 Å². The maximum absolute atomic E-state index is 5.23. The lowest BCUT2D eigenvalue weighted by molar-refractivity contribution is 0.261. The molecule has 1 heterocycles. The van der Waals surface area contributed by atoms with E-state index in [1.54, 1.807) is 0 Å². The average Bonchev–Trinajstić information content (AvgIpc) is 2.66. The van der Waals surface area contributed by atoms with Crippen molar-refractivity contribution in [1.29, 1.82) is 0 Å². The smallest absolute Gasteiger partial charge is 0.151 e. The lowest BCUT2D eigenvalue weighted by Gasteiger charge is -2.15. The Morgan fingerprint density at radius 2 is 2.47 bits per heavy atom. The Hall–Kier alpha value is -1.13. The molecule has 0 radical (unpaired) electrons. The summed E-state index contributed by atoms with van der Waals surface area (Å²) in [5.41, 5.74) is 0.946. The average molecular weight is 209 g/mol. The van der Waals surface area contributed by atoms with E-state index in [2.05, 4.69) is 28.9 Å². The molecule has 4 nitrogen and oxygen atoms in total. The van der Waals surface area contributed by atoms with E-state index in [4.69, 9.17) is 4.52 Å². The van der Waals surface area contributed by atoms with Crippen molar-refractivity contribution >= 4 is 0 Å². The van der Waals surface area contributed by atoms with Crippen molar-refractivity contribution in [1.82, 2.24) is 15.4 Å². The number of hydrogen-bond acceptors (Lipinski definition) is 4. The van der Waals surface area contributed by atoms with Crippen LogP contribution in [0.25, 0.3) is 0 Å². The van der Waals surface area contributed by atoms with Crippen molar-refractivity contribution in [2.24, 2.45) is 0 Å². The summed E-state index contributed by atoms with van der Waals surface area (Å²) in [5.74, 6) is 0.906. The third kappa shape index (κ3) is 3.85. The summed E-state index contributed by atoms with van der Waals surface area (Å²) in [6.07, 6.45) is 1.90. The molecule has 0 aliphatic carbocycles. The number of rotatable bonds is 7. The first-order chi connectivity index (χ1) is 7.30. The van der Waals surface area contributed by atoms with Gasteiger partial charge in [0.25, 0.3) is 0 Å². The zero-order valence-corrected chi connectivity index (χ0v) is 9.49. The molecule has 0 aliphatic heterocycles. The van der Waals surface area contributed by atoms with Crippen LogP contribution >= 0.6 is 0 Å². The molecule has 0 unspecified atom stereocenters. The van der Waals surface area contributed by atoms with Gasteiger partial charge in [-0.25, -0.2) is 0 Å². The van der Waals surface area contributed by atoms with Crippen LogP contribution in [0.2, 0.25) is 0 Å². The fourth-order valence-corrected chi connectivity index (χ4v) is 1.40. The van der Waals surface area contributed by atoms with E-state index in [9.17, 15) is 0 Å². The summed E-state index contributed by atoms with van der Waals surface area (Å²) in [5, 5.41) is 7.00. The molecule has 0 spiro atoms. The fourth-order valence-electron chi connectivity index (χ4n) is 1.40. The fraction of sp³-hybridized carbons (Fsp3) is 0.545. The number of hydrogen-bond donors (Lipinski definition) is 1. The van der Waals surface area contributed by atoms with Gasteiger partial charge >= 0.3 is 0 Å². The van der Waals surface area contributed by atoms with Crippen LogP contribution < -0.4 is 5.32 Å². The molecule has 84 valence electrons. The maximum atomic E-state index is 5.23. The van der Waals surface area contributed by atoms with E-state index in [1.807, 2.05) is 19.2 Å². The molecule has 1 aromatic heterocycles. The molecule has 0 amide bonds. The van der Waals surface area contributed by atoms with Gasteiger partial charge in [0.15, 0.2) is 5.76 Å². The second kappa shape index (κ2) is 6.37. The monoisotopic (exact) mass is 209 g/mol. The van der Waals surface area contributed by atoms with Gasteiger partial charge in [0.1, 0.15) is 0 Å². The van der Waals surface area contributed by atoms with Crippen LogP contribution in [0.3, 0.4) is 0 Å². The molecule has 15 heavy (non-hydrogen) atoms. The molecule has 0 fully saturated rings. The van der Waals surface area contributed by atoms with Crippen molar-refractivity contribution in [3.63, 3.8) is 0 Å². The first-order valence-electron chi connectivity index (χ1n) is 5.22. The molecule has 0 aliphatic rings. The molecular formula is C11H19N3O. The standard InChI is InChI=1S/C11H19N3O/c1-4-6-14(5-2)9-11-7-10(8-12-3)13-15-11/h4,7,12H,1,5-6,8-9H2,2-3H3. The van der Waals surface area contributed by atoms with E-state index in [0.29, 0.717) is 0 Å². The predicted molar refractivity (Wildman–Crippen MR) is 60.4 cm³/mol. The third-order valence-electron chi connectivity index (χ3n) is 2.18. The highest BCUT2D eigenvalue weighted by Gasteiger charge is 2.07. The summed E-state index contributed by atoms with van der Waals surface area (Å²) >= 11 is 0. The molecule has 1 aromatic rings. The van der Waals surface area contributed by atoms with Gasteiger partial charge in [0.05, 0.1) is 12.2 Å². The van der Waals surface area contributed by atoms with E-state index >= 15 is 0 Å². The Labute approximate surface area is 90.9 Å². The Bertz CT molecular complexity index is 296. The van der Waals surface area contributed by atoms with Crippen LogP contribution in [0, 0.1) is 0 Å². The molecule has 0 atom stereocenters. The minimum Gasteiger partial charge on any atom is -0.360 e. The zero-order valence-electron chi connectivity index (χ0n) is 9.49. The van der Waals surface area contributed by atoms with Crippen LogP contribution in [-0.2, 0) is 13.1 Å². The van der Waals surface area contributed by atoms with Gasteiger partial charge in [-0.2, -0.15) is 0 Å². The molecular weight excluding hydrogens is 190 g/mol. The van der Waals surface area contributed by atoms with E-state index in [0.717, 1.165) is 37.6 Å². The van der Waals surface area contributed by atoms with Crippen LogP contribution in [0.1, 0.15) is 18.4 Å². The molecule has 0 bridgehead atoms. The van der Waals surface area contributed by atoms with Crippen LogP contribution in [0.5, 0.6) is 0 Å². The molecule has 4 heteroatoms. The quantitative estimate of drug-likeness (QED) is 0.689. The summed E-state index contributed by atoms with van der Waals surface area (Å²) in [7, 11) is 1.89. The number of nitrogens with zero attached hydrogens (tertiary/aromatic N) is 2. The third-order valence-corrected chi connectivity index (χ3v) is 2.18. The van der Waals surface area contributed by atoms with Gasteiger partial charge in [-0.05, 0) is 13.6 Å². The van der Waals surface area contributed by atoms with Crippen LogP contribution in [0.4, 0.5) is 0 Å². The van der Waals surface area contributed by atoms with Crippen LogP contribution in [0.15, 0.2) is 23.2 Å². The minimum atomic E-state index is 0.747. The summed E-state index contributed by atoms with van der Waals surface area (Å²) in [6.45, 7) is 9.24. The largest absolute Gasteiger partial charge is 0.360 e. The second-order valence-electron chi connectivity index (χ2n) is 3.43. The molecule has 0 saturated carbocycles.